The Labute approximate surface area is 153 Å². The smallest absolute Gasteiger partial charge is 0.273 e. The van der Waals surface area contributed by atoms with Gasteiger partial charge in [-0.1, -0.05) is 23.4 Å². The topological polar surface area (TPSA) is 81.1 Å². The van der Waals surface area contributed by atoms with Gasteiger partial charge in [-0.05, 0) is 38.9 Å². The van der Waals surface area contributed by atoms with Crippen molar-refractivity contribution in [3.8, 4) is 5.75 Å². The number of ether oxygens (including phenoxy) is 1. The number of piperidine rings is 1. The first kappa shape index (κ1) is 19.2. The van der Waals surface area contributed by atoms with E-state index in [0.717, 1.165) is 37.2 Å². The predicted molar refractivity (Wildman–Crippen MR) is 97.3 cm³/mol. The van der Waals surface area contributed by atoms with Crippen molar-refractivity contribution >= 4 is 18.3 Å². The van der Waals surface area contributed by atoms with Crippen molar-refractivity contribution in [3.63, 3.8) is 0 Å². The fourth-order valence-electron chi connectivity index (χ4n) is 3.00. The van der Waals surface area contributed by atoms with Crippen molar-refractivity contribution in [1.82, 2.24) is 25.6 Å². The molecule has 7 nitrogen and oxygen atoms in total. The molecule has 1 unspecified atom stereocenters. The second-order valence-corrected chi connectivity index (χ2v) is 6.00. The summed E-state index contributed by atoms with van der Waals surface area (Å²) in [5.74, 6) is 0.525. The number of aromatic nitrogens is 3. The van der Waals surface area contributed by atoms with E-state index in [9.17, 15) is 4.79 Å². The van der Waals surface area contributed by atoms with Crippen LogP contribution in [-0.2, 0) is 0 Å². The monoisotopic (exact) mass is 365 g/mol. The molecule has 2 N–H and O–H groups in total. The van der Waals surface area contributed by atoms with Crippen LogP contribution in [0.1, 0.15) is 47.9 Å². The van der Waals surface area contributed by atoms with Crippen molar-refractivity contribution in [3.05, 3.63) is 41.7 Å². The number of nitrogens with one attached hydrogen (secondary N) is 2. The second-order valence-electron chi connectivity index (χ2n) is 6.00. The summed E-state index contributed by atoms with van der Waals surface area (Å²) in [6, 6.07) is 7.78. The maximum Gasteiger partial charge on any atom is 0.273 e. The molecule has 0 saturated carbocycles. The average Bonchev–Trinajstić information content (AvgIpc) is 3.12. The molecule has 3 rings (SSSR count). The summed E-state index contributed by atoms with van der Waals surface area (Å²) in [7, 11) is 1.62. The molecule has 1 amide bonds. The molecule has 1 atom stereocenters. The van der Waals surface area contributed by atoms with Crippen molar-refractivity contribution in [1.29, 1.82) is 0 Å². The predicted octanol–water partition coefficient (Wildman–Crippen LogP) is 2.12. The first-order valence-corrected chi connectivity index (χ1v) is 8.25. The minimum Gasteiger partial charge on any atom is -0.496 e. The number of nitrogens with zero attached hydrogens (tertiary/aromatic N) is 3. The van der Waals surface area contributed by atoms with Gasteiger partial charge in [-0.3, -0.25) is 4.79 Å². The van der Waals surface area contributed by atoms with Gasteiger partial charge in [0.2, 0.25) is 0 Å². The van der Waals surface area contributed by atoms with Crippen LogP contribution in [0.3, 0.4) is 0 Å². The standard InChI is InChI=1S/C17H23N5O2.ClH/c1-12(14-5-3-4-6-16(14)24-2)19-17(23)15-11-22(21-20-15)13-7-9-18-10-8-13;/h3-6,11-13,18H,7-10H2,1-2H3,(H,19,23);1H. The van der Waals surface area contributed by atoms with Gasteiger partial charge < -0.3 is 15.4 Å². The zero-order valence-corrected chi connectivity index (χ0v) is 15.3. The summed E-state index contributed by atoms with van der Waals surface area (Å²) in [5.41, 5.74) is 1.27. The Kier molecular flexibility index (Phi) is 6.78. The fraction of sp³-hybridized carbons (Fsp3) is 0.471. The Morgan fingerprint density at radius 1 is 1.36 bits per heavy atom. The first-order chi connectivity index (χ1) is 11.7. The molecule has 136 valence electrons. The van der Waals surface area contributed by atoms with Gasteiger partial charge in [-0.15, -0.1) is 17.5 Å². The summed E-state index contributed by atoms with van der Waals surface area (Å²) >= 11 is 0. The summed E-state index contributed by atoms with van der Waals surface area (Å²) in [5, 5.41) is 14.4. The molecule has 0 aliphatic carbocycles. The minimum absolute atomic E-state index is 0. The maximum absolute atomic E-state index is 12.4. The van der Waals surface area contributed by atoms with Crippen molar-refractivity contribution < 1.29 is 9.53 Å². The molecule has 1 aromatic heterocycles. The molecule has 1 aromatic carbocycles. The van der Waals surface area contributed by atoms with Crippen LogP contribution in [0.5, 0.6) is 5.75 Å². The number of methoxy groups -OCH3 is 1. The largest absolute Gasteiger partial charge is 0.496 e. The van der Waals surface area contributed by atoms with Crippen LogP contribution in [0.25, 0.3) is 0 Å². The summed E-state index contributed by atoms with van der Waals surface area (Å²) in [6.45, 7) is 3.86. The zero-order chi connectivity index (χ0) is 16.9. The molecule has 1 aliphatic rings. The van der Waals surface area contributed by atoms with E-state index in [4.69, 9.17) is 4.74 Å². The van der Waals surface area contributed by atoms with E-state index in [2.05, 4.69) is 20.9 Å². The zero-order valence-electron chi connectivity index (χ0n) is 14.4. The molecular weight excluding hydrogens is 342 g/mol. The van der Waals surface area contributed by atoms with Gasteiger partial charge in [0.25, 0.3) is 5.91 Å². The van der Waals surface area contributed by atoms with Crippen LogP contribution in [0.4, 0.5) is 0 Å². The number of carbonyl (C=O) groups is 1. The SMILES string of the molecule is COc1ccccc1C(C)NC(=O)c1cn(C2CCNCC2)nn1.Cl. The number of amides is 1. The first-order valence-electron chi connectivity index (χ1n) is 8.25. The van der Waals surface area contributed by atoms with Gasteiger partial charge >= 0.3 is 0 Å². The van der Waals surface area contributed by atoms with E-state index >= 15 is 0 Å². The lowest BCUT2D eigenvalue weighted by Crippen LogP contribution is -2.29. The Balaban J connectivity index is 0.00000225. The molecule has 0 spiro atoms. The number of hydrogen-bond donors (Lipinski definition) is 2. The lowest BCUT2D eigenvalue weighted by molar-refractivity contribution is 0.0934. The molecule has 2 aromatic rings. The summed E-state index contributed by atoms with van der Waals surface area (Å²) in [6.07, 6.45) is 3.74. The van der Waals surface area contributed by atoms with Crippen LogP contribution in [0.2, 0.25) is 0 Å². The van der Waals surface area contributed by atoms with Gasteiger partial charge in [0.05, 0.1) is 25.4 Å². The van der Waals surface area contributed by atoms with Gasteiger partial charge in [0.15, 0.2) is 5.69 Å². The fourth-order valence-corrected chi connectivity index (χ4v) is 3.00. The van der Waals surface area contributed by atoms with E-state index in [1.807, 2.05) is 35.9 Å². The molecular formula is C17H24ClN5O2. The van der Waals surface area contributed by atoms with E-state index in [1.165, 1.54) is 0 Å². The molecule has 8 heteroatoms. The van der Waals surface area contributed by atoms with Crippen LogP contribution < -0.4 is 15.4 Å². The summed E-state index contributed by atoms with van der Waals surface area (Å²) in [4.78, 5) is 12.4. The minimum atomic E-state index is -0.228. The van der Waals surface area contributed by atoms with Gasteiger partial charge in [0, 0.05) is 5.56 Å². The third kappa shape index (κ3) is 4.49. The highest BCUT2D eigenvalue weighted by atomic mass is 35.5. The van der Waals surface area contributed by atoms with E-state index in [-0.39, 0.29) is 24.4 Å². The average molecular weight is 366 g/mol. The van der Waals surface area contributed by atoms with E-state index in [0.29, 0.717) is 11.7 Å². The summed E-state index contributed by atoms with van der Waals surface area (Å²) < 4.78 is 7.16. The number of rotatable bonds is 5. The Morgan fingerprint density at radius 3 is 2.80 bits per heavy atom. The van der Waals surface area contributed by atoms with E-state index in [1.54, 1.807) is 13.3 Å². The molecule has 25 heavy (non-hydrogen) atoms. The van der Waals surface area contributed by atoms with Gasteiger partial charge in [-0.25, -0.2) is 4.68 Å². The quantitative estimate of drug-likeness (QED) is 0.848. The van der Waals surface area contributed by atoms with Gasteiger partial charge in [-0.2, -0.15) is 0 Å². The number of benzene rings is 1. The molecule has 2 heterocycles. The highest BCUT2D eigenvalue weighted by Gasteiger charge is 2.20. The van der Waals surface area contributed by atoms with Crippen molar-refractivity contribution in [2.75, 3.05) is 20.2 Å². The maximum atomic E-state index is 12.4. The van der Waals surface area contributed by atoms with Crippen LogP contribution in [-0.4, -0.2) is 41.1 Å². The highest BCUT2D eigenvalue weighted by molar-refractivity contribution is 5.92. The normalized spacial score (nSPS) is 15.9. The number of hydrogen-bond acceptors (Lipinski definition) is 5. The number of carbonyl (C=O) groups excluding carboxylic acids is 1. The highest BCUT2D eigenvalue weighted by Crippen LogP contribution is 2.24. The molecule has 1 aliphatic heterocycles. The van der Waals surface area contributed by atoms with Gasteiger partial charge in [0.1, 0.15) is 5.75 Å². The third-order valence-corrected chi connectivity index (χ3v) is 4.38. The van der Waals surface area contributed by atoms with Crippen LogP contribution in [0.15, 0.2) is 30.5 Å². The van der Waals surface area contributed by atoms with Crippen molar-refractivity contribution in [2.45, 2.75) is 31.8 Å². The lowest BCUT2D eigenvalue weighted by atomic mass is 10.1. The van der Waals surface area contributed by atoms with Crippen molar-refractivity contribution in [2.24, 2.45) is 0 Å². The lowest BCUT2D eigenvalue weighted by Gasteiger charge is -2.22. The molecule has 1 fully saturated rings. The Bertz CT molecular complexity index is 700. The Morgan fingerprint density at radius 2 is 2.08 bits per heavy atom. The van der Waals surface area contributed by atoms with Crippen LogP contribution >= 0.6 is 12.4 Å². The number of halogens is 1. The van der Waals surface area contributed by atoms with E-state index < -0.39 is 0 Å². The molecule has 0 bridgehead atoms. The third-order valence-electron chi connectivity index (χ3n) is 4.38. The number of para-hydroxylation sites is 1. The van der Waals surface area contributed by atoms with Crippen LogP contribution in [0, 0.1) is 0 Å². The second kappa shape index (κ2) is 8.82. The Hall–Kier alpha value is -2.12. The molecule has 0 radical (unpaired) electrons. The molecule has 1 saturated heterocycles.